The molecule has 28 heavy (non-hydrogen) atoms. The second kappa shape index (κ2) is 7.16. The third kappa shape index (κ3) is 3.09. The van der Waals surface area contributed by atoms with Crippen LogP contribution in [0.25, 0.3) is 0 Å². The molecule has 2 aromatic carbocycles. The number of carbonyl (C=O) groups is 3. The number of nitrogens with zero attached hydrogens (tertiary/aromatic N) is 3. The lowest BCUT2D eigenvalue weighted by Gasteiger charge is -2.25. The van der Waals surface area contributed by atoms with Gasteiger partial charge >= 0.3 is 0 Å². The van der Waals surface area contributed by atoms with Gasteiger partial charge in [0.15, 0.2) is 0 Å². The van der Waals surface area contributed by atoms with E-state index in [0.717, 1.165) is 6.42 Å². The molecule has 140 valence electrons. The minimum Gasteiger partial charge on any atom is -0.327 e. The number of hydrogen-bond acceptors (Lipinski definition) is 4. The van der Waals surface area contributed by atoms with Crippen LogP contribution in [0.1, 0.15) is 28.8 Å². The van der Waals surface area contributed by atoms with E-state index < -0.39 is 6.04 Å². The lowest BCUT2D eigenvalue weighted by Crippen LogP contribution is -2.47. The van der Waals surface area contributed by atoms with E-state index in [1.165, 1.54) is 4.90 Å². The molecular formula is C21H18N4O3. The van der Waals surface area contributed by atoms with Crippen molar-refractivity contribution in [2.45, 2.75) is 18.9 Å². The molecule has 0 unspecified atom stereocenters. The minimum atomic E-state index is -0.525. The number of amides is 3. The number of fused-ring (bicyclic) bond motifs is 2. The SMILES string of the molecule is N#Cc1ccc(NC(=O)CN2C(=O)[C@@H]3CCCN3C(=O)c3ccccc32)cc1. The molecule has 0 saturated carbocycles. The van der Waals surface area contributed by atoms with E-state index in [2.05, 4.69) is 5.32 Å². The molecular weight excluding hydrogens is 356 g/mol. The van der Waals surface area contributed by atoms with Crippen LogP contribution in [-0.2, 0) is 9.59 Å². The second-order valence-corrected chi connectivity index (χ2v) is 6.84. The standard InChI is InChI=1S/C21H18N4O3/c22-12-14-7-9-15(10-8-14)23-19(26)13-25-17-5-2-1-4-16(17)20(27)24-11-3-6-18(24)21(25)28/h1-2,4-5,7-10,18H,3,6,11,13H2,(H,23,26)/t18-/m0/s1. The highest BCUT2D eigenvalue weighted by molar-refractivity contribution is 6.13. The number of nitrogens with one attached hydrogen (secondary N) is 1. The van der Waals surface area contributed by atoms with E-state index >= 15 is 0 Å². The minimum absolute atomic E-state index is 0.165. The summed E-state index contributed by atoms with van der Waals surface area (Å²) >= 11 is 0. The molecule has 3 amide bonds. The fourth-order valence-electron chi connectivity index (χ4n) is 3.75. The Balaban J connectivity index is 1.60. The fourth-order valence-corrected chi connectivity index (χ4v) is 3.75. The van der Waals surface area contributed by atoms with Gasteiger partial charge in [0.05, 0.1) is 22.9 Å². The van der Waals surface area contributed by atoms with Gasteiger partial charge in [-0.1, -0.05) is 12.1 Å². The average Bonchev–Trinajstić information content (AvgIpc) is 3.19. The van der Waals surface area contributed by atoms with Crippen LogP contribution < -0.4 is 10.2 Å². The smallest absolute Gasteiger partial charge is 0.256 e. The third-order valence-corrected chi connectivity index (χ3v) is 5.09. The van der Waals surface area contributed by atoms with Gasteiger partial charge in [0.25, 0.3) is 5.91 Å². The van der Waals surface area contributed by atoms with Crippen LogP contribution in [0.4, 0.5) is 11.4 Å². The molecule has 7 heteroatoms. The van der Waals surface area contributed by atoms with Gasteiger partial charge in [0.1, 0.15) is 12.6 Å². The fraction of sp³-hybridized carbons (Fsp3) is 0.238. The first kappa shape index (κ1) is 17.7. The highest BCUT2D eigenvalue weighted by Gasteiger charge is 2.42. The summed E-state index contributed by atoms with van der Waals surface area (Å²) in [6.07, 6.45) is 1.38. The average molecular weight is 374 g/mol. The normalized spacial score (nSPS) is 18.2. The van der Waals surface area contributed by atoms with Gasteiger partial charge in [0.2, 0.25) is 11.8 Å². The summed E-state index contributed by atoms with van der Waals surface area (Å²) in [6.45, 7) is 0.363. The Hall–Kier alpha value is -3.66. The van der Waals surface area contributed by atoms with Gasteiger partial charge in [0, 0.05) is 12.2 Å². The maximum atomic E-state index is 13.1. The van der Waals surface area contributed by atoms with Crippen molar-refractivity contribution in [3.05, 3.63) is 59.7 Å². The van der Waals surface area contributed by atoms with Crippen molar-refractivity contribution in [2.75, 3.05) is 23.3 Å². The van der Waals surface area contributed by atoms with Crippen LogP contribution in [-0.4, -0.2) is 41.8 Å². The molecule has 2 aromatic rings. The van der Waals surface area contributed by atoms with Crippen LogP contribution in [0.15, 0.2) is 48.5 Å². The Morgan fingerprint density at radius 2 is 1.89 bits per heavy atom. The van der Waals surface area contributed by atoms with Crippen molar-refractivity contribution in [1.29, 1.82) is 5.26 Å². The molecule has 1 saturated heterocycles. The van der Waals surface area contributed by atoms with Gasteiger partial charge in [-0.2, -0.15) is 5.26 Å². The first-order valence-electron chi connectivity index (χ1n) is 9.10. The van der Waals surface area contributed by atoms with E-state index in [4.69, 9.17) is 5.26 Å². The summed E-state index contributed by atoms with van der Waals surface area (Å²) in [4.78, 5) is 41.6. The number of nitriles is 1. The molecule has 1 atom stereocenters. The number of rotatable bonds is 3. The van der Waals surface area contributed by atoms with E-state index in [-0.39, 0.29) is 24.3 Å². The molecule has 0 spiro atoms. The summed E-state index contributed by atoms with van der Waals surface area (Å²) in [6, 6.07) is 14.9. The quantitative estimate of drug-likeness (QED) is 0.891. The zero-order valence-electron chi connectivity index (χ0n) is 15.1. The maximum absolute atomic E-state index is 13.1. The summed E-state index contributed by atoms with van der Waals surface area (Å²) in [5, 5.41) is 11.6. The summed E-state index contributed by atoms with van der Waals surface area (Å²) in [7, 11) is 0. The number of hydrogen-bond donors (Lipinski definition) is 1. The lowest BCUT2D eigenvalue weighted by atomic mass is 10.1. The number of para-hydroxylation sites is 1. The zero-order chi connectivity index (χ0) is 19.7. The second-order valence-electron chi connectivity index (χ2n) is 6.84. The van der Waals surface area contributed by atoms with Gasteiger partial charge < -0.3 is 15.1 Å². The van der Waals surface area contributed by atoms with Gasteiger partial charge in [-0.05, 0) is 49.2 Å². The lowest BCUT2D eigenvalue weighted by molar-refractivity contribution is -0.124. The summed E-state index contributed by atoms with van der Waals surface area (Å²) in [5.74, 6) is -0.765. The molecule has 0 aromatic heterocycles. The van der Waals surface area contributed by atoms with Crippen molar-refractivity contribution in [3.8, 4) is 6.07 Å². The summed E-state index contributed by atoms with van der Waals surface area (Å²) in [5.41, 5.74) is 1.93. The highest BCUT2D eigenvalue weighted by atomic mass is 16.2. The monoisotopic (exact) mass is 374 g/mol. The topological polar surface area (TPSA) is 93.5 Å². The molecule has 1 fully saturated rings. The molecule has 0 bridgehead atoms. The largest absolute Gasteiger partial charge is 0.327 e. The molecule has 0 aliphatic carbocycles. The van der Waals surface area contributed by atoms with Gasteiger partial charge in [-0.15, -0.1) is 0 Å². The van der Waals surface area contributed by atoms with E-state index in [9.17, 15) is 14.4 Å². The van der Waals surface area contributed by atoms with Crippen LogP contribution in [0.5, 0.6) is 0 Å². The van der Waals surface area contributed by atoms with Crippen LogP contribution in [0.2, 0.25) is 0 Å². The van der Waals surface area contributed by atoms with E-state index in [1.54, 1.807) is 53.4 Å². The Morgan fingerprint density at radius 3 is 2.64 bits per heavy atom. The van der Waals surface area contributed by atoms with Crippen molar-refractivity contribution in [1.82, 2.24) is 4.90 Å². The Labute approximate surface area is 162 Å². The first-order chi connectivity index (χ1) is 13.6. The Morgan fingerprint density at radius 1 is 1.14 bits per heavy atom. The molecule has 0 radical (unpaired) electrons. The Kier molecular flexibility index (Phi) is 4.53. The molecule has 2 heterocycles. The van der Waals surface area contributed by atoms with Crippen LogP contribution in [0.3, 0.4) is 0 Å². The Bertz CT molecular complexity index is 993. The number of anilines is 2. The number of benzene rings is 2. The zero-order valence-corrected chi connectivity index (χ0v) is 15.1. The summed E-state index contributed by atoms with van der Waals surface area (Å²) < 4.78 is 0. The van der Waals surface area contributed by atoms with Gasteiger partial charge in [-0.25, -0.2) is 0 Å². The molecule has 4 rings (SSSR count). The van der Waals surface area contributed by atoms with Crippen molar-refractivity contribution in [3.63, 3.8) is 0 Å². The molecule has 7 nitrogen and oxygen atoms in total. The van der Waals surface area contributed by atoms with Crippen molar-refractivity contribution >= 4 is 29.1 Å². The van der Waals surface area contributed by atoms with Crippen molar-refractivity contribution in [2.24, 2.45) is 0 Å². The van der Waals surface area contributed by atoms with E-state index in [1.807, 2.05) is 6.07 Å². The molecule has 2 aliphatic rings. The van der Waals surface area contributed by atoms with E-state index in [0.29, 0.717) is 35.5 Å². The molecule has 2 aliphatic heterocycles. The highest BCUT2D eigenvalue weighted by Crippen LogP contribution is 2.32. The van der Waals surface area contributed by atoms with Crippen molar-refractivity contribution < 1.29 is 14.4 Å². The third-order valence-electron chi connectivity index (χ3n) is 5.09. The van der Waals surface area contributed by atoms with Crippen LogP contribution >= 0.6 is 0 Å². The van der Waals surface area contributed by atoms with Gasteiger partial charge in [-0.3, -0.25) is 14.4 Å². The number of carbonyl (C=O) groups excluding carboxylic acids is 3. The van der Waals surface area contributed by atoms with Crippen LogP contribution in [0, 0.1) is 11.3 Å². The molecule has 1 N–H and O–H groups in total. The first-order valence-corrected chi connectivity index (χ1v) is 9.10. The maximum Gasteiger partial charge on any atom is 0.256 e. The predicted molar refractivity (Wildman–Crippen MR) is 103 cm³/mol. The predicted octanol–water partition coefficient (Wildman–Crippen LogP) is 2.15.